The fourth-order valence-electron chi connectivity index (χ4n) is 3.89. The number of hydrogen-bond donors (Lipinski definition) is 1. The van der Waals surface area contributed by atoms with E-state index in [2.05, 4.69) is 27.0 Å². The number of nitrogens with one attached hydrogen (secondary N) is 1. The molecule has 0 atom stereocenters. The third-order valence-electron chi connectivity index (χ3n) is 5.70. The number of thioether (sulfide) groups is 1. The molecule has 2 fully saturated rings. The molecular weight excluding hydrogens is 452 g/mol. The molecule has 1 N–H and O–H groups in total. The smallest absolute Gasteiger partial charge is 0.243 e. The van der Waals surface area contributed by atoms with Crippen LogP contribution in [0.2, 0.25) is 0 Å². The molecule has 2 aromatic heterocycles. The molecule has 3 aromatic rings. The molecule has 1 aliphatic heterocycles. The highest BCUT2D eigenvalue weighted by Crippen LogP contribution is 2.32. The minimum Gasteiger partial charge on any atom is -0.357 e. The topological polar surface area (TPSA) is 93.0 Å². The first kappa shape index (κ1) is 21.2. The van der Waals surface area contributed by atoms with E-state index in [1.54, 1.807) is 39.5 Å². The summed E-state index contributed by atoms with van der Waals surface area (Å²) in [4.78, 5) is 5.12. The van der Waals surface area contributed by atoms with Crippen LogP contribution in [0, 0.1) is 0 Å². The van der Waals surface area contributed by atoms with Crippen molar-refractivity contribution < 1.29 is 8.42 Å². The Morgan fingerprint density at radius 2 is 2.00 bits per heavy atom. The monoisotopic (exact) mass is 478 g/mol. The Balaban J connectivity index is 1.36. The molecular formula is C20H26N6O2S3. The number of nitrogens with zero attached hydrogens (tertiary/aromatic N) is 5. The van der Waals surface area contributed by atoms with Gasteiger partial charge in [0.2, 0.25) is 15.2 Å². The van der Waals surface area contributed by atoms with Crippen LogP contribution in [0.4, 0.5) is 5.13 Å². The normalized spacial score (nSPS) is 18.0. The maximum atomic E-state index is 13.1. The van der Waals surface area contributed by atoms with E-state index in [1.165, 1.54) is 12.8 Å². The fraction of sp³-hybridized carbons (Fsp3) is 0.550. The summed E-state index contributed by atoms with van der Waals surface area (Å²) < 4.78 is 30.8. The molecule has 1 aliphatic carbocycles. The number of fused-ring (bicyclic) bond motifs is 1. The van der Waals surface area contributed by atoms with Crippen molar-refractivity contribution >= 4 is 49.3 Å². The molecule has 0 amide bonds. The summed E-state index contributed by atoms with van der Waals surface area (Å²) in [5, 5.41) is 12.7. The van der Waals surface area contributed by atoms with Crippen molar-refractivity contribution in [2.75, 3.05) is 18.4 Å². The highest BCUT2D eigenvalue weighted by Gasteiger charge is 2.27. The van der Waals surface area contributed by atoms with Crippen molar-refractivity contribution in [2.45, 2.75) is 66.6 Å². The standard InChI is InChI=1S/C20H26N6O2S3/c1-2-26-17-9-8-15(31(27,28)25-10-4-3-5-11-25)12-16(17)22-18(26)13-29-20-24-23-19(30-20)21-14-6-7-14/h8-9,12,14H,2-7,10-11,13H2,1H3,(H,21,23). The van der Waals surface area contributed by atoms with Gasteiger partial charge < -0.3 is 9.88 Å². The minimum absolute atomic E-state index is 0.335. The van der Waals surface area contributed by atoms with Gasteiger partial charge in [-0.2, -0.15) is 4.31 Å². The Morgan fingerprint density at radius 3 is 2.74 bits per heavy atom. The van der Waals surface area contributed by atoms with Crippen LogP contribution in [-0.4, -0.2) is 51.6 Å². The molecule has 2 aliphatic rings. The second-order valence-electron chi connectivity index (χ2n) is 7.97. The van der Waals surface area contributed by atoms with Crippen molar-refractivity contribution in [3.63, 3.8) is 0 Å². The molecule has 1 saturated carbocycles. The maximum Gasteiger partial charge on any atom is 0.243 e. The summed E-state index contributed by atoms with van der Waals surface area (Å²) in [6.07, 6.45) is 5.36. The molecule has 8 nitrogen and oxygen atoms in total. The average molecular weight is 479 g/mol. The Morgan fingerprint density at radius 1 is 1.19 bits per heavy atom. The van der Waals surface area contributed by atoms with E-state index in [0.29, 0.717) is 29.8 Å². The lowest BCUT2D eigenvalue weighted by molar-refractivity contribution is 0.346. The number of imidazole rings is 1. The summed E-state index contributed by atoms with van der Waals surface area (Å²) in [7, 11) is -3.47. The van der Waals surface area contributed by atoms with Crippen LogP contribution in [0.1, 0.15) is 44.9 Å². The van der Waals surface area contributed by atoms with Gasteiger partial charge in [-0.3, -0.25) is 0 Å². The van der Waals surface area contributed by atoms with Gasteiger partial charge in [-0.1, -0.05) is 29.5 Å². The van der Waals surface area contributed by atoms with Gasteiger partial charge in [-0.05, 0) is 50.8 Å². The van der Waals surface area contributed by atoms with Crippen molar-refractivity contribution in [1.82, 2.24) is 24.1 Å². The van der Waals surface area contributed by atoms with Crippen LogP contribution in [0.3, 0.4) is 0 Å². The van der Waals surface area contributed by atoms with Crippen molar-refractivity contribution in [3.8, 4) is 0 Å². The molecule has 1 aromatic carbocycles. The van der Waals surface area contributed by atoms with E-state index in [4.69, 9.17) is 4.98 Å². The fourth-order valence-corrected chi connectivity index (χ4v) is 7.21. The van der Waals surface area contributed by atoms with E-state index < -0.39 is 10.0 Å². The van der Waals surface area contributed by atoms with Gasteiger partial charge in [0, 0.05) is 25.7 Å². The van der Waals surface area contributed by atoms with E-state index in [9.17, 15) is 8.42 Å². The summed E-state index contributed by atoms with van der Waals surface area (Å²) in [5.41, 5.74) is 1.69. The minimum atomic E-state index is -3.47. The lowest BCUT2D eigenvalue weighted by Gasteiger charge is -2.25. The quantitative estimate of drug-likeness (QED) is 0.490. The Labute approximate surface area is 190 Å². The van der Waals surface area contributed by atoms with E-state index in [0.717, 1.165) is 52.1 Å². The Kier molecular flexibility index (Phi) is 5.93. The van der Waals surface area contributed by atoms with Crippen LogP contribution in [0.15, 0.2) is 27.4 Å². The number of benzene rings is 1. The molecule has 0 unspecified atom stereocenters. The Hall–Kier alpha value is -1.69. The van der Waals surface area contributed by atoms with Crippen molar-refractivity contribution in [1.29, 1.82) is 0 Å². The van der Waals surface area contributed by atoms with Crippen molar-refractivity contribution in [3.05, 3.63) is 24.0 Å². The summed E-state index contributed by atoms with van der Waals surface area (Å²) in [6.45, 7) is 4.06. The van der Waals surface area contributed by atoms with Crippen LogP contribution < -0.4 is 5.32 Å². The van der Waals surface area contributed by atoms with Gasteiger partial charge >= 0.3 is 0 Å². The summed E-state index contributed by atoms with van der Waals surface area (Å²) in [5.74, 6) is 1.58. The molecule has 0 radical (unpaired) electrons. The second kappa shape index (κ2) is 8.68. The van der Waals surface area contributed by atoms with Crippen LogP contribution in [0.5, 0.6) is 0 Å². The zero-order valence-electron chi connectivity index (χ0n) is 17.5. The second-order valence-corrected chi connectivity index (χ2v) is 12.1. The average Bonchev–Trinajstić information content (AvgIpc) is 3.36. The van der Waals surface area contributed by atoms with Crippen LogP contribution in [0.25, 0.3) is 11.0 Å². The van der Waals surface area contributed by atoms with Gasteiger partial charge in [-0.15, -0.1) is 10.2 Å². The molecule has 1 saturated heterocycles. The molecule has 31 heavy (non-hydrogen) atoms. The first-order valence-corrected chi connectivity index (χ1v) is 14.0. The number of rotatable bonds is 8. The van der Waals surface area contributed by atoms with Crippen LogP contribution >= 0.6 is 23.1 Å². The molecule has 11 heteroatoms. The molecule has 0 spiro atoms. The number of piperidine rings is 1. The largest absolute Gasteiger partial charge is 0.357 e. The number of hydrogen-bond acceptors (Lipinski definition) is 8. The number of anilines is 1. The predicted octanol–water partition coefficient (Wildman–Crippen LogP) is 3.95. The summed E-state index contributed by atoms with van der Waals surface area (Å²) >= 11 is 3.18. The van der Waals surface area contributed by atoms with Crippen LogP contribution in [-0.2, 0) is 22.3 Å². The summed E-state index contributed by atoms with van der Waals surface area (Å²) in [6, 6.07) is 5.89. The first-order valence-electron chi connectivity index (χ1n) is 10.8. The molecule has 3 heterocycles. The first-order chi connectivity index (χ1) is 15.0. The zero-order chi connectivity index (χ0) is 21.4. The van der Waals surface area contributed by atoms with Gasteiger partial charge in [0.05, 0.1) is 21.7 Å². The molecule has 0 bridgehead atoms. The van der Waals surface area contributed by atoms with E-state index in [1.807, 2.05) is 6.07 Å². The number of aryl methyl sites for hydroxylation is 1. The Bertz CT molecular complexity index is 1180. The highest BCUT2D eigenvalue weighted by molar-refractivity contribution is 8.00. The molecule has 5 rings (SSSR count). The highest BCUT2D eigenvalue weighted by atomic mass is 32.2. The van der Waals surface area contributed by atoms with Crippen molar-refractivity contribution in [2.24, 2.45) is 0 Å². The maximum absolute atomic E-state index is 13.1. The molecule has 166 valence electrons. The number of sulfonamides is 1. The lowest BCUT2D eigenvalue weighted by Crippen LogP contribution is -2.35. The SMILES string of the molecule is CCn1c(CSc2nnc(NC3CC3)s2)nc2cc(S(=O)(=O)N3CCCCC3)ccc21. The predicted molar refractivity (Wildman–Crippen MR) is 124 cm³/mol. The zero-order valence-corrected chi connectivity index (χ0v) is 19.9. The van der Waals surface area contributed by atoms with E-state index >= 15 is 0 Å². The number of aromatic nitrogens is 4. The van der Waals surface area contributed by atoms with Gasteiger partial charge in [0.15, 0.2) is 4.34 Å². The lowest BCUT2D eigenvalue weighted by atomic mass is 10.2. The van der Waals surface area contributed by atoms with E-state index in [-0.39, 0.29) is 0 Å². The third-order valence-corrected chi connectivity index (χ3v) is 9.58. The van der Waals surface area contributed by atoms with Gasteiger partial charge in [-0.25, -0.2) is 13.4 Å². The van der Waals surface area contributed by atoms with Gasteiger partial charge in [0.1, 0.15) is 5.82 Å². The third kappa shape index (κ3) is 4.46. The van der Waals surface area contributed by atoms with Gasteiger partial charge in [0.25, 0.3) is 0 Å².